The van der Waals surface area contributed by atoms with Gasteiger partial charge in [-0.3, -0.25) is 0 Å². The van der Waals surface area contributed by atoms with Gasteiger partial charge in [0.15, 0.2) is 17.5 Å². The van der Waals surface area contributed by atoms with E-state index in [4.69, 9.17) is 4.74 Å². The number of halogens is 3. The highest BCUT2D eigenvalue weighted by Gasteiger charge is 2.11. The maximum atomic E-state index is 13.0. The van der Waals surface area contributed by atoms with Crippen molar-refractivity contribution in [1.29, 1.82) is 0 Å². The molecule has 1 nitrogen and oxygen atoms in total. The van der Waals surface area contributed by atoms with Crippen LogP contribution in [0.1, 0.15) is 0 Å². The summed E-state index contributed by atoms with van der Waals surface area (Å²) in [4.78, 5) is 1.08. The van der Waals surface area contributed by atoms with Crippen LogP contribution >= 0.6 is 11.8 Å². The monoisotopic (exact) mass is 270 g/mol. The summed E-state index contributed by atoms with van der Waals surface area (Å²) in [6.45, 7) is 0. The van der Waals surface area contributed by atoms with Gasteiger partial charge in [0.25, 0.3) is 0 Å². The number of benzene rings is 2. The maximum Gasteiger partial charge on any atom is 0.194 e. The van der Waals surface area contributed by atoms with Crippen LogP contribution in [0.3, 0.4) is 0 Å². The van der Waals surface area contributed by atoms with Crippen molar-refractivity contribution in [3.8, 4) is 5.75 Å². The smallest absolute Gasteiger partial charge is 0.194 e. The Bertz CT molecular complexity index is 532. The SMILES string of the molecule is COc1ccc(Sc2cc(F)c(F)c(F)c2)cc1. The van der Waals surface area contributed by atoms with Crippen LogP contribution in [-0.4, -0.2) is 7.11 Å². The molecule has 5 heteroatoms. The van der Waals surface area contributed by atoms with Gasteiger partial charge in [-0.2, -0.15) is 0 Å². The van der Waals surface area contributed by atoms with Gasteiger partial charge in [0.2, 0.25) is 0 Å². The van der Waals surface area contributed by atoms with Gasteiger partial charge in [-0.15, -0.1) is 0 Å². The summed E-state index contributed by atoms with van der Waals surface area (Å²) in [7, 11) is 1.55. The molecule has 2 aromatic carbocycles. The topological polar surface area (TPSA) is 9.23 Å². The molecular formula is C13H9F3OS. The molecule has 0 aliphatic rings. The molecule has 94 valence electrons. The predicted octanol–water partition coefficient (Wildman–Crippen LogP) is 4.26. The molecule has 18 heavy (non-hydrogen) atoms. The summed E-state index contributed by atoms with van der Waals surface area (Å²) in [5.74, 6) is -3.14. The molecule has 0 saturated carbocycles. The van der Waals surface area contributed by atoms with Gasteiger partial charge >= 0.3 is 0 Å². The summed E-state index contributed by atoms with van der Waals surface area (Å²) in [5.41, 5.74) is 0. The van der Waals surface area contributed by atoms with Crippen LogP contribution in [0.25, 0.3) is 0 Å². The Morgan fingerprint density at radius 3 is 1.94 bits per heavy atom. The lowest BCUT2D eigenvalue weighted by atomic mass is 10.3. The van der Waals surface area contributed by atoms with Crippen LogP contribution in [0.15, 0.2) is 46.2 Å². The zero-order valence-corrected chi connectivity index (χ0v) is 10.2. The zero-order chi connectivity index (χ0) is 13.1. The van der Waals surface area contributed by atoms with Crippen LogP contribution in [0.5, 0.6) is 5.75 Å². The Morgan fingerprint density at radius 2 is 1.44 bits per heavy atom. The molecule has 0 heterocycles. The quantitative estimate of drug-likeness (QED) is 0.770. The van der Waals surface area contributed by atoms with Gasteiger partial charge in [0.05, 0.1) is 7.11 Å². The summed E-state index contributed by atoms with van der Waals surface area (Å²) >= 11 is 1.14. The van der Waals surface area contributed by atoms with Crippen molar-refractivity contribution in [3.05, 3.63) is 53.8 Å². The van der Waals surface area contributed by atoms with Crippen LogP contribution in [0, 0.1) is 17.5 Å². The van der Waals surface area contributed by atoms with E-state index in [1.807, 2.05) is 0 Å². The molecule has 2 rings (SSSR count). The lowest BCUT2D eigenvalue weighted by molar-refractivity contribution is 0.414. The Balaban J connectivity index is 2.23. The third kappa shape index (κ3) is 2.79. The zero-order valence-electron chi connectivity index (χ0n) is 9.41. The lowest BCUT2D eigenvalue weighted by Gasteiger charge is -2.04. The standard InChI is InChI=1S/C13H9F3OS/c1-17-8-2-4-9(5-3-8)18-10-6-11(14)13(16)12(15)7-10/h2-7H,1H3. The molecule has 0 saturated heterocycles. The third-order valence-corrected chi connectivity index (χ3v) is 3.23. The number of hydrogen-bond donors (Lipinski definition) is 0. The van der Waals surface area contributed by atoms with E-state index in [0.717, 1.165) is 28.8 Å². The summed E-state index contributed by atoms with van der Waals surface area (Å²) < 4.78 is 43.8. The fourth-order valence-electron chi connectivity index (χ4n) is 1.37. The molecule has 0 radical (unpaired) electrons. The first-order valence-corrected chi connectivity index (χ1v) is 5.88. The number of methoxy groups -OCH3 is 1. The average Bonchev–Trinajstić information content (AvgIpc) is 2.37. The highest BCUT2D eigenvalue weighted by Crippen LogP contribution is 2.30. The van der Waals surface area contributed by atoms with Crippen LogP contribution in [-0.2, 0) is 0 Å². The van der Waals surface area contributed by atoms with Gasteiger partial charge in [0.1, 0.15) is 5.75 Å². The van der Waals surface area contributed by atoms with E-state index in [1.165, 1.54) is 0 Å². The highest BCUT2D eigenvalue weighted by molar-refractivity contribution is 7.99. The molecule has 0 aliphatic heterocycles. The largest absolute Gasteiger partial charge is 0.497 e. The number of rotatable bonds is 3. The van der Waals surface area contributed by atoms with E-state index in [-0.39, 0.29) is 0 Å². The molecule has 0 atom stereocenters. The van der Waals surface area contributed by atoms with E-state index in [0.29, 0.717) is 10.6 Å². The van der Waals surface area contributed by atoms with E-state index < -0.39 is 17.5 Å². The van der Waals surface area contributed by atoms with Crippen LogP contribution < -0.4 is 4.74 Å². The van der Waals surface area contributed by atoms with E-state index >= 15 is 0 Å². The normalized spacial score (nSPS) is 10.4. The average molecular weight is 270 g/mol. The minimum absolute atomic E-state index is 0.302. The van der Waals surface area contributed by atoms with Crippen molar-refractivity contribution < 1.29 is 17.9 Å². The van der Waals surface area contributed by atoms with E-state index in [1.54, 1.807) is 31.4 Å². The first-order chi connectivity index (χ1) is 8.60. The molecular weight excluding hydrogens is 261 g/mol. The second-order valence-electron chi connectivity index (χ2n) is 3.48. The fraction of sp³-hybridized carbons (Fsp3) is 0.0769. The van der Waals surface area contributed by atoms with Crippen molar-refractivity contribution in [1.82, 2.24) is 0 Å². The van der Waals surface area contributed by atoms with Crippen LogP contribution in [0.2, 0.25) is 0 Å². The first-order valence-electron chi connectivity index (χ1n) is 5.06. The van der Waals surface area contributed by atoms with Crippen LogP contribution in [0.4, 0.5) is 13.2 Å². The summed E-state index contributed by atoms with van der Waals surface area (Å²) in [6.07, 6.45) is 0. The lowest BCUT2D eigenvalue weighted by Crippen LogP contribution is -1.90. The molecule has 0 aromatic heterocycles. The molecule has 0 amide bonds. The second kappa shape index (κ2) is 5.35. The minimum Gasteiger partial charge on any atom is -0.497 e. The molecule has 0 bridgehead atoms. The number of ether oxygens (including phenoxy) is 1. The molecule has 0 N–H and O–H groups in total. The third-order valence-electron chi connectivity index (χ3n) is 2.25. The minimum atomic E-state index is -1.45. The molecule has 0 aliphatic carbocycles. The van der Waals surface area contributed by atoms with Crippen molar-refractivity contribution >= 4 is 11.8 Å². The van der Waals surface area contributed by atoms with Gasteiger partial charge in [0, 0.05) is 9.79 Å². The molecule has 0 fully saturated rings. The molecule has 0 unspecified atom stereocenters. The maximum absolute atomic E-state index is 13.0. The Morgan fingerprint density at radius 1 is 0.889 bits per heavy atom. The second-order valence-corrected chi connectivity index (χ2v) is 4.63. The predicted molar refractivity (Wildman–Crippen MR) is 63.4 cm³/mol. The highest BCUT2D eigenvalue weighted by atomic mass is 32.2. The van der Waals surface area contributed by atoms with Crippen molar-refractivity contribution in [3.63, 3.8) is 0 Å². The summed E-state index contributed by atoms with van der Waals surface area (Å²) in [6, 6.07) is 8.91. The van der Waals surface area contributed by atoms with Gasteiger partial charge in [-0.05, 0) is 36.4 Å². The Hall–Kier alpha value is -1.62. The number of hydrogen-bond acceptors (Lipinski definition) is 2. The Labute approximate surface area is 107 Å². The summed E-state index contributed by atoms with van der Waals surface area (Å²) in [5, 5.41) is 0. The van der Waals surface area contributed by atoms with Gasteiger partial charge < -0.3 is 4.74 Å². The van der Waals surface area contributed by atoms with Gasteiger partial charge in [-0.1, -0.05) is 11.8 Å². The molecule has 2 aromatic rings. The van der Waals surface area contributed by atoms with Gasteiger partial charge in [-0.25, -0.2) is 13.2 Å². The Kier molecular flexibility index (Phi) is 3.81. The molecule has 0 spiro atoms. The first kappa shape index (κ1) is 12.8. The van der Waals surface area contributed by atoms with Crippen molar-refractivity contribution in [2.75, 3.05) is 7.11 Å². The van der Waals surface area contributed by atoms with Crippen molar-refractivity contribution in [2.45, 2.75) is 9.79 Å². The van der Waals surface area contributed by atoms with E-state index in [9.17, 15) is 13.2 Å². The van der Waals surface area contributed by atoms with E-state index in [2.05, 4.69) is 0 Å². The fourth-order valence-corrected chi connectivity index (χ4v) is 2.24. The van der Waals surface area contributed by atoms with Crippen molar-refractivity contribution in [2.24, 2.45) is 0 Å².